The normalized spacial score (nSPS) is 42.4. The van der Waals surface area contributed by atoms with Gasteiger partial charge in [0.2, 0.25) is 0 Å². The van der Waals surface area contributed by atoms with Gasteiger partial charge in [-0.3, -0.25) is 0 Å². The summed E-state index contributed by atoms with van der Waals surface area (Å²) in [5.41, 5.74) is 5.03. The zero-order valence-electron chi connectivity index (χ0n) is 21.3. The first-order valence-electron chi connectivity index (χ1n) is 14.4. The number of ether oxygens (including phenoxy) is 1. The van der Waals surface area contributed by atoms with Crippen molar-refractivity contribution in [3.05, 3.63) is 71.3 Å². The van der Waals surface area contributed by atoms with Gasteiger partial charge in [0.15, 0.2) is 0 Å². The molecule has 2 bridgehead atoms. The molecule has 1 unspecified atom stereocenters. The second kappa shape index (κ2) is 7.33. The second-order valence-electron chi connectivity index (χ2n) is 13.0. The van der Waals surface area contributed by atoms with Crippen molar-refractivity contribution in [3.63, 3.8) is 0 Å². The Morgan fingerprint density at radius 1 is 0.943 bits per heavy atom. The molecular formula is C33H39NO. The Balaban J connectivity index is 1.15. The fourth-order valence-corrected chi connectivity index (χ4v) is 9.77. The van der Waals surface area contributed by atoms with Gasteiger partial charge in [-0.25, -0.2) is 0 Å². The summed E-state index contributed by atoms with van der Waals surface area (Å²) in [5.74, 6) is 1.26. The van der Waals surface area contributed by atoms with Crippen LogP contribution in [0.3, 0.4) is 0 Å². The molecule has 6 atom stereocenters. The molecule has 0 N–H and O–H groups in total. The van der Waals surface area contributed by atoms with Crippen molar-refractivity contribution in [2.75, 3.05) is 13.1 Å². The van der Waals surface area contributed by atoms with Gasteiger partial charge in [-0.15, -0.1) is 0 Å². The van der Waals surface area contributed by atoms with Crippen LogP contribution in [0.25, 0.3) is 10.8 Å². The van der Waals surface area contributed by atoms with Crippen LogP contribution in [0, 0.1) is 11.3 Å². The third-order valence-corrected chi connectivity index (χ3v) is 11.5. The van der Waals surface area contributed by atoms with Gasteiger partial charge in [0.1, 0.15) is 0 Å². The highest BCUT2D eigenvalue weighted by atomic mass is 16.5. The minimum Gasteiger partial charge on any atom is -0.359 e. The van der Waals surface area contributed by atoms with Gasteiger partial charge in [0.05, 0.1) is 11.2 Å². The van der Waals surface area contributed by atoms with E-state index in [1.54, 1.807) is 16.7 Å². The maximum Gasteiger partial charge on any atom is 0.0974 e. The molecule has 0 aromatic heterocycles. The van der Waals surface area contributed by atoms with Crippen molar-refractivity contribution in [2.45, 2.75) is 94.3 Å². The predicted octanol–water partition coefficient (Wildman–Crippen LogP) is 7.55. The molecule has 0 amide bonds. The first-order valence-corrected chi connectivity index (χ1v) is 14.4. The number of likely N-dealkylation sites (tertiary alicyclic amines) is 1. The van der Waals surface area contributed by atoms with E-state index in [-0.39, 0.29) is 16.6 Å². The molecule has 4 fully saturated rings. The second-order valence-corrected chi connectivity index (χ2v) is 13.0. The first-order chi connectivity index (χ1) is 17.1. The van der Waals surface area contributed by atoms with E-state index in [0.29, 0.717) is 11.8 Å². The Kier molecular flexibility index (Phi) is 4.44. The Morgan fingerprint density at radius 3 is 2.69 bits per heavy atom. The monoisotopic (exact) mass is 465 g/mol. The molecule has 2 saturated carbocycles. The maximum absolute atomic E-state index is 7.54. The summed E-state index contributed by atoms with van der Waals surface area (Å²) >= 11 is 0. The molecule has 8 rings (SSSR count). The third-order valence-electron chi connectivity index (χ3n) is 11.5. The standard InChI is InChI=1S/C33H39NO/c1-31-15-14-27-21-26-10-11-28(34-18-4-5-19-34)22-32(26)16-17-33(27,35-32)30(31)13-12-29(31)25-9-8-23-6-2-3-7-24(23)20-25/h2-3,6-9,14,20-21,28-30H,4-5,10-13,15-19,22H2,1H3/t28-,29-,30-,31-,32?,33-/m1/s1. The third kappa shape index (κ3) is 2.85. The van der Waals surface area contributed by atoms with Crippen molar-refractivity contribution in [1.29, 1.82) is 0 Å². The highest BCUT2D eigenvalue weighted by Gasteiger charge is 2.66. The molecule has 182 valence electrons. The zero-order valence-corrected chi connectivity index (χ0v) is 21.3. The van der Waals surface area contributed by atoms with Crippen molar-refractivity contribution < 1.29 is 4.74 Å². The van der Waals surface area contributed by atoms with Gasteiger partial charge < -0.3 is 9.64 Å². The number of allylic oxidation sites excluding steroid dienone is 1. The summed E-state index contributed by atoms with van der Waals surface area (Å²) in [4.78, 5) is 2.79. The van der Waals surface area contributed by atoms with Crippen molar-refractivity contribution >= 4 is 10.8 Å². The van der Waals surface area contributed by atoms with Crippen LogP contribution in [0.1, 0.15) is 82.6 Å². The minimum absolute atomic E-state index is 0.0299. The Labute approximate surface area is 210 Å². The topological polar surface area (TPSA) is 12.5 Å². The van der Waals surface area contributed by atoms with Crippen LogP contribution in [0.15, 0.2) is 65.8 Å². The molecule has 3 aliphatic heterocycles. The zero-order chi connectivity index (χ0) is 23.3. The van der Waals surface area contributed by atoms with E-state index >= 15 is 0 Å². The largest absolute Gasteiger partial charge is 0.359 e. The van der Waals surface area contributed by atoms with E-state index in [2.05, 4.69) is 66.4 Å². The molecule has 2 saturated heterocycles. The van der Waals surface area contributed by atoms with Crippen LogP contribution in [0.2, 0.25) is 0 Å². The molecule has 35 heavy (non-hydrogen) atoms. The average Bonchev–Trinajstić information content (AvgIpc) is 3.60. The molecule has 2 nitrogen and oxygen atoms in total. The van der Waals surface area contributed by atoms with Gasteiger partial charge in [0, 0.05) is 6.04 Å². The lowest BCUT2D eigenvalue weighted by atomic mass is 9.58. The van der Waals surface area contributed by atoms with E-state index in [4.69, 9.17) is 4.74 Å². The molecule has 2 aromatic rings. The molecule has 3 heterocycles. The van der Waals surface area contributed by atoms with Gasteiger partial charge >= 0.3 is 0 Å². The first kappa shape index (κ1) is 21.2. The molecule has 3 aliphatic carbocycles. The smallest absolute Gasteiger partial charge is 0.0974 e. The quantitative estimate of drug-likeness (QED) is 0.454. The van der Waals surface area contributed by atoms with Crippen LogP contribution in [0.5, 0.6) is 0 Å². The number of rotatable bonds is 2. The van der Waals surface area contributed by atoms with Crippen LogP contribution in [-0.4, -0.2) is 35.2 Å². The maximum atomic E-state index is 7.54. The van der Waals surface area contributed by atoms with Crippen LogP contribution >= 0.6 is 0 Å². The summed E-state index contributed by atoms with van der Waals surface area (Å²) in [5, 5.41) is 2.75. The summed E-state index contributed by atoms with van der Waals surface area (Å²) in [7, 11) is 0. The predicted molar refractivity (Wildman–Crippen MR) is 143 cm³/mol. The van der Waals surface area contributed by atoms with Gasteiger partial charge in [-0.2, -0.15) is 0 Å². The van der Waals surface area contributed by atoms with Crippen LogP contribution in [0.4, 0.5) is 0 Å². The lowest BCUT2D eigenvalue weighted by molar-refractivity contribution is -0.140. The van der Waals surface area contributed by atoms with Crippen molar-refractivity contribution in [1.82, 2.24) is 4.90 Å². The molecule has 0 radical (unpaired) electrons. The van der Waals surface area contributed by atoms with Crippen LogP contribution < -0.4 is 0 Å². The molecule has 2 aromatic carbocycles. The lowest BCUT2D eigenvalue weighted by Gasteiger charge is -2.55. The number of hydrogen-bond donors (Lipinski definition) is 0. The van der Waals surface area contributed by atoms with Gasteiger partial charge in [-0.1, -0.05) is 61.5 Å². The number of fused-ring (bicyclic) bond motifs is 2. The van der Waals surface area contributed by atoms with Gasteiger partial charge in [0.25, 0.3) is 0 Å². The van der Waals surface area contributed by atoms with E-state index in [9.17, 15) is 0 Å². The summed E-state index contributed by atoms with van der Waals surface area (Å²) < 4.78 is 7.54. The summed E-state index contributed by atoms with van der Waals surface area (Å²) in [6.07, 6.45) is 18.1. The van der Waals surface area contributed by atoms with Crippen molar-refractivity contribution in [3.8, 4) is 0 Å². The number of nitrogens with zero attached hydrogens (tertiary/aromatic N) is 1. The van der Waals surface area contributed by atoms with E-state index < -0.39 is 0 Å². The van der Waals surface area contributed by atoms with E-state index in [1.807, 2.05) is 0 Å². The molecule has 6 aliphatic rings. The number of benzene rings is 2. The average molecular weight is 466 g/mol. The fraction of sp³-hybridized carbons (Fsp3) is 0.576. The van der Waals surface area contributed by atoms with Crippen LogP contribution in [-0.2, 0) is 4.74 Å². The highest BCUT2D eigenvalue weighted by Crippen LogP contribution is 2.69. The Bertz CT molecular complexity index is 1250. The minimum atomic E-state index is -0.0327. The summed E-state index contributed by atoms with van der Waals surface area (Å²) in [6, 6.07) is 16.8. The van der Waals surface area contributed by atoms with E-state index in [0.717, 1.165) is 6.04 Å². The molecular weight excluding hydrogens is 426 g/mol. The lowest BCUT2D eigenvalue weighted by Crippen LogP contribution is -2.55. The van der Waals surface area contributed by atoms with E-state index in [1.165, 1.54) is 88.1 Å². The highest BCUT2D eigenvalue weighted by molar-refractivity contribution is 5.83. The Hall–Kier alpha value is -1.90. The number of hydrogen-bond acceptors (Lipinski definition) is 2. The summed E-state index contributed by atoms with van der Waals surface area (Å²) in [6.45, 7) is 5.22. The molecule has 2 heteroatoms. The molecule has 2 spiro atoms. The SMILES string of the molecule is C[C@]12CC=C3C=C4CC[C@@H](N5CCCC5)CC45CC[C@]3(O5)[C@@H]1CC[C@@H]2c1ccc2ccccc2c1. The van der Waals surface area contributed by atoms with Crippen molar-refractivity contribution in [2.24, 2.45) is 11.3 Å². The van der Waals surface area contributed by atoms with Gasteiger partial charge in [-0.05, 0) is 122 Å². The Morgan fingerprint density at radius 2 is 1.80 bits per heavy atom. The fourth-order valence-electron chi connectivity index (χ4n) is 9.77.